The minimum Gasteiger partial charge on any atom is -0.350 e. The van der Waals surface area contributed by atoms with Crippen molar-refractivity contribution in [1.29, 1.82) is 0 Å². The molecule has 1 aromatic rings. The van der Waals surface area contributed by atoms with Gasteiger partial charge >= 0.3 is 0 Å². The average Bonchev–Trinajstić information content (AvgIpc) is 2.40. The van der Waals surface area contributed by atoms with Crippen LogP contribution in [-0.4, -0.2) is 36.3 Å². The molecule has 0 aliphatic carbocycles. The van der Waals surface area contributed by atoms with Crippen molar-refractivity contribution in [2.75, 3.05) is 19.6 Å². The number of benzene rings is 1. The molecule has 0 unspecified atom stereocenters. The molecule has 108 valence electrons. The predicted molar refractivity (Wildman–Crippen MR) is 71.1 cm³/mol. The van der Waals surface area contributed by atoms with Crippen molar-refractivity contribution in [3.63, 3.8) is 0 Å². The molecule has 1 N–H and O–H groups in total. The number of nitrogens with one attached hydrogen (secondary N) is 1. The number of hydrogen-bond acceptors (Lipinski definition) is 2. The van der Waals surface area contributed by atoms with Crippen molar-refractivity contribution >= 4 is 11.8 Å². The van der Waals surface area contributed by atoms with Crippen LogP contribution in [0.4, 0.5) is 8.78 Å². The van der Waals surface area contributed by atoms with Gasteiger partial charge in [-0.25, -0.2) is 8.78 Å². The molecule has 0 aliphatic heterocycles. The molecular weight excluding hydrogens is 266 g/mol. The normalized spacial score (nSPS) is 9.95. The molecule has 0 bridgehead atoms. The van der Waals surface area contributed by atoms with Gasteiger partial charge in [0.15, 0.2) is 11.6 Å². The van der Waals surface area contributed by atoms with E-state index in [1.165, 1.54) is 17.9 Å². The fourth-order valence-electron chi connectivity index (χ4n) is 1.58. The number of halogens is 2. The zero-order valence-corrected chi connectivity index (χ0v) is 11.2. The van der Waals surface area contributed by atoms with Crippen LogP contribution >= 0.6 is 0 Å². The first-order chi connectivity index (χ1) is 9.45. The molecule has 2 amide bonds. The standard InChI is InChI=1S/C14H16F2N2O2/c1-3-7-18(10(2)19)8-6-17-14(20)11-4-5-12(15)13(16)9-11/h3-5,9H,1,6-8H2,2H3,(H,17,20). The minimum atomic E-state index is -1.07. The zero-order valence-electron chi connectivity index (χ0n) is 11.2. The SMILES string of the molecule is C=CCN(CCNC(=O)c1ccc(F)c(F)c1)C(C)=O. The van der Waals surface area contributed by atoms with E-state index in [1.54, 1.807) is 6.08 Å². The fourth-order valence-corrected chi connectivity index (χ4v) is 1.58. The third-order valence-electron chi connectivity index (χ3n) is 2.64. The summed E-state index contributed by atoms with van der Waals surface area (Å²) in [5.41, 5.74) is 0.0296. The van der Waals surface area contributed by atoms with Crippen LogP contribution in [0.3, 0.4) is 0 Å². The summed E-state index contributed by atoms with van der Waals surface area (Å²) in [7, 11) is 0. The third-order valence-corrected chi connectivity index (χ3v) is 2.64. The number of carbonyl (C=O) groups excluding carboxylic acids is 2. The van der Waals surface area contributed by atoms with Crippen molar-refractivity contribution in [3.05, 3.63) is 48.1 Å². The smallest absolute Gasteiger partial charge is 0.251 e. The predicted octanol–water partition coefficient (Wildman–Crippen LogP) is 1.73. The highest BCUT2D eigenvalue weighted by Gasteiger charge is 2.11. The Morgan fingerprint density at radius 1 is 1.35 bits per heavy atom. The molecule has 0 heterocycles. The molecule has 1 rings (SSSR count). The maximum absolute atomic E-state index is 13.0. The first-order valence-electron chi connectivity index (χ1n) is 6.05. The van der Waals surface area contributed by atoms with E-state index >= 15 is 0 Å². The zero-order chi connectivity index (χ0) is 15.1. The van der Waals surface area contributed by atoms with E-state index in [1.807, 2.05) is 0 Å². The third kappa shape index (κ3) is 4.46. The van der Waals surface area contributed by atoms with Gasteiger partial charge in [-0.3, -0.25) is 9.59 Å². The average molecular weight is 282 g/mol. The Kier molecular flexibility index (Phi) is 5.83. The van der Waals surface area contributed by atoms with Gasteiger partial charge in [-0.15, -0.1) is 6.58 Å². The summed E-state index contributed by atoms with van der Waals surface area (Å²) in [6.45, 7) is 5.87. The van der Waals surface area contributed by atoms with Crippen LogP contribution in [0.5, 0.6) is 0 Å². The highest BCUT2D eigenvalue weighted by atomic mass is 19.2. The van der Waals surface area contributed by atoms with Crippen molar-refractivity contribution in [1.82, 2.24) is 10.2 Å². The van der Waals surface area contributed by atoms with E-state index in [2.05, 4.69) is 11.9 Å². The summed E-state index contributed by atoms with van der Waals surface area (Å²) in [5, 5.41) is 2.53. The molecule has 0 atom stereocenters. The summed E-state index contributed by atoms with van der Waals surface area (Å²) >= 11 is 0. The van der Waals surface area contributed by atoms with Crippen LogP contribution < -0.4 is 5.32 Å². The molecule has 0 aliphatic rings. The molecule has 1 aromatic carbocycles. The summed E-state index contributed by atoms with van der Waals surface area (Å²) in [6, 6.07) is 2.92. The second kappa shape index (κ2) is 7.37. The molecule has 0 fully saturated rings. The van der Waals surface area contributed by atoms with Gasteiger partial charge in [0.1, 0.15) is 0 Å². The Labute approximate surface area is 116 Å². The van der Waals surface area contributed by atoms with Crippen molar-refractivity contribution < 1.29 is 18.4 Å². The lowest BCUT2D eigenvalue weighted by Crippen LogP contribution is -2.37. The van der Waals surface area contributed by atoms with E-state index in [9.17, 15) is 18.4 Å². The Morgan fingerprint density at radius 2 is 2.05 bits per heavy atom. The highest BCUT2D eigenvalue weighted by molar-refractivity contribution is 5.94. The van der Waals surface area contributed by atoms with Gasteiger partial charge in [-0.1, -0.05) is 6.08 Å². The van der Waals surface area contributed by atoms with Gasteiger partial charge in [0, 0.05) is 32.1 Å². The maximum atomic E-state index is 13.0. The van der Waals surface area contributed by atoms with Gasteiger partial charge in [0.2, 0.25) is 5.91 Å². The second-order valence-corrected chi connectivity index (χ2v) is 4.14. The molecule has 0 saturated carbocycles. The van der Waals surface area contributed by atoms with Gasteiger partial charge in [-0.2, -0.15) is 0 Å². The number of hydrogen-bond donors (Lipinski definition) is 1. The van der Waals surface area contributed by atoms with Crippen molar-refractivity contribution in [2.45, 2.75) is 6.92 Å². The second-order valence-electron chi connectivity index (χ2n) is 4.14. The fraction of sp³-hybridized carbons (Fsp3) is 0.286. The van der Waals surface area contributed by atoms with Gasteiger partial charge < -0.3 is 10.2 Å². The Hall–Kier alpha value is -2.24. The molecular formula is C14H16F2N2O2. The Bertz CT molecular complexity index is 518. The van der Waals surface area contributed by atoms with Crippen LogP contribution in [0.15, 0.2) is 30.9 Å². The largest absolute Gasteiger partial charge is 0.350 e. The van der Waals surface area contributed by atoms with Crippen LogP contribution in [0, 0.1) is 11.6 Å². The molecule has 6 heteroatoms. The number of nitrogens with zero attached hydrogens (tertiary/aromatic N) is 1. The first-order valence-corrected chi connectivity index (χ1v) is 6.05. The molecule has 20 heavy (non-hydrogen) atoms. The monoisotopic (exact) mass is 282 g/mol. The quantitative estimate of drug-likeness (QED) is 0.808. The van der Waals surface area contributed by atoms with Crippen LogP contribution in [0.25, 0.3) is 0 Å². The lowest BCUT2D eigenvalue weighted by Gasteiger charge is -2.19. The number of carbonyl (C=O) groups is 2. The van der Waals surface area contributed by atoms with E-state index in [-0.39, 0.29) is 18.0 Å². The van der Waals surface area contributed by atoms with Crippen LogP contribution in [0.2, 0.25) is 0 Å². The van der Waals surface area contributed by atoms with Crippen molar-refractivity contribution in [3.8, 4) is 0 Å². The highest BCUT2D eigenvalue weighted by Crippen LogP contribution is 2.08. The number of amides is 2. The summed E-state index contributed by atoms with van der Waals surface area (Å²) in [5.74, 6) is -2.73. The molecule has 0 saturated heterocycles. The van der Waals surface area contributed by atoms with Gasteiger partial charge in [-0.05, 0) is 18.2 Å². The lowest BCUT2D eigenvalue weighted by molar-refractivity contribution is -0.128. The minimum absolute atomic E-state index is 0.0296. The van der Waals surface area contributed by atoms with Gasteiger partial charge in [0.05, 0.1) is 0 Å². The summed E-state index contributed by atoms with van der Waals surface area (Å²) < 4.78 is 25.7. The van der Waals surface area contributed by atoms with Crippen LogP contribution in [-0.2, 0) is 4.79 Å². The van der Waals surface area contributed by atoms with E-state index in [4.69, 9.17) is 0 Å². The topological polar surface area (TPSA) is 49.4 Å². The summed E-state index contributed by atoms with van der Waals surface area (Å²) in [4.78, 5) is 24.4. The first kappa shape index (κ1) is 15.8. The van der Waals surface area contributed by atoms with E-state index in [0.717, 1.165) is 12.1 Å². The Morgan fingerprint density at radius 3 is 2.60 bits per heavy atom. The molecule has 0 aromatic heterocycles. The van der Waals surface area contributed by atoms with Crippen LogP contribution in [0.1, 0.15) is 17.3 Å². The molecule has 0 radical (unpaired) electrons. The van der Waals surface area contributed by atoms with E-state index in [0.29, 0.717) is 13.1 Å². The molecule has 4 nitrogen and oxygen atoms in total. The maximum Gasteiger partial charge on any atom is 0.251 e. The lowest BCUT2D eigenvalue weighted by atomic mass is 10.2. The summed E-state index contributed by atoms with van der Waals surface area (Å²) in [6.07, 6.45) is 1.58. The Balaban J connectivity index is 2.52. The molecule has 0 spiro atoms. The van der Waals surface area contributed by atoms with E-state index < -0.39 is 17.5 Å². The van der Waals surface area contributed by atoms with Gasteiger partial charge in [0.25, 0.3) is 5.91 Å². The number of rotatable bonds is 6. The van der Waals surface area contributed by atoms with Crippen molar-refractivity contribution in [2.24, 2.45) is 0 Å².